The van der Waals surface area contributed by atoms with E-state index in [9.17, 15) is 14.4 Å². The molecule has 0 radical (unpaired) electrons. The quantitative estimate of drug-likeness (QED) is 0.147. The molecule has 3 amide bonds. The van der Waals surface area contributed by atoms with E-state index in [0.717, 1.165) is 50.2 Å². The van der Waals surface area contributed by atoms with Crippen LogP contribution in [0.15, 0.2) is 91.1 Å². The molecular weight excluding hydrogens is 839 g/mol. The van der Waals surface area contributed by atoms with Crippen molar-refractivity contribution in [2.75, 3.05) is 19.7 Å². The molecule has 8 rings (SSSR count). The molecular formula is C50H52Cl2N4O7. The highest BCUT2D eigenvalue weighted by molar-refractivity contribution is 6.42. The van der Waals surface area contributed by atoms with Gasteiger partial charge in [-0.05, 0) is 141 Å². The number of likely N-dealkylation sites (tertiary alicyclic amines) is 1. The molecule has 63 heavy (non-hydrogen) atoms. The lowest BCUT2D eigenvalue weighted by atomic mass is 9.91. The standard InChI is InChI=1S/C50H52Cl2N4O7/c1-30-31(2)53-21-19-39(30)34-11-8-32(9-12-34)18-20-54-47(57)43-24-36-25-44-45(26-37(36)27-56(43)48(58)42-7-6-22-55(42)49(59)63-50(3,4)5)62-46(29-61-44)35-13-15-38(16-14-35)60-28-33-10-17-40(51)41(52)23-33/h8-17,19,21,23,25-26,42-43,46H,6-7,18,20,22,24,27-29H2,1-5H3,(H,54,57)/t42-,43?,46?/m1/s1. The van der Waals surface area contributed by atoms with Crippen molar-refractivity contribution in [2.45, 2.75) is 97.2 Å². The van der Waals surface area contributed by atoms with E-state index in [1.165, 1.54) is 4.90 Å². The highest BCUT2D eigenvalue weighted by Crippen LogP contribution is 2.41. The molecule has 0 aliphatic carbocycles. The SMILES string of the molecule is Cc1nccc(-c2ccc(CCNC(=O)C3Cc4cc5c(cc4CN3C(=O)[C@H]3CCCN3C(=O)OC(C)(C)C)OC(c3ccc(OCc4ccc(Cl)c(Cl)c4)cc3)CO5)cc2)c1C. The zero-order chi connectivity index (χ0) is 44.4. The van der Waals surface area contributed by atoms with Crippen LogP contribution in [0, 0.1) is 13.8 Å². The molecule has 1 aromatic heterocycles. The molecule has 3 aliphatic rings. The minimum Gasteiger partial charge on any atom is -0.489 e. The summed E-state index contributed by atoms with van der Waals surface area (Å²) in [5.74, 6) is 1.28. The second-order valence-electron chi connectivity index (χ2n) is 17.4. The molecule has 4 aromatic carbocycles. The van der Waals surface area contributed by atoms with Gasteiger partial charge in [0.2, 0.25) is 11.8 Å². The van der Waals surface area contributed by atoms with Crippen molar-refractivity contribution in [1.82, 2.24) is 20.1 Å². The maximum Gasteiger partial charge on any atom is 0.410 e. The summed E-state index contributed by atoms with van der Waals surface area (Å²) >= 11 is 12.2. The first-order valence-corrected chi connectivity index (χ1v) is 22.2. The summed E-state index contributed by atoms with van der Waals surface area (Å²) in [5.41, 5.74) is 8.31. The molecule has 0 bridgehead atoms. The average Bonchev–Trinajstić information content (AvgIpc) is 3.77. The van der Waals surface area contributed by atoms with Crippen LogP contribution < -0.4 is 19.5 Å². The third-order valence-electron chi connectivity index (χ3n) is 11.9. The lowest BCUT2D eigenvalue weighted by Gasteiger charge is -2.39. The molecule has 1 saturated heterocycles. The molecule has 2 unspecified atom stereocenters. The summed E-state index contributed by atoms with van der Waals surface area (Å²) in [6.07, 6.45) is 2.92. The summed E-state index contributed by atoms with van der Waals surface area (Å²) in [5, 5.41) is 4.09. The molecule has 3 atom stereocenters. The predicted octanol–water partition coefficient (Wildman–Crippen LogP) is 9.78. The van der Waals surface area contributed by atoms with Crippen LogP contribution in [-0.4, -0.2) is 70.1 Å². The van der Waals surface area contributed by atoms with Gasteiger partial charge < -0.3 is 29.2 Å². The van der Waals surface area contributed by atoms with Gasteiger partial charge in [0.05, 0.1) is 10.0 Å². The monoisotopic (exact) mass is 890 g/mol. The number of carbonyl (C=O) groups is 3. The maximum atomic E-state index is 14.6. The minimum atomic E-state index is -0.806. The summed E-state index contributed by atoms with van der Waals surface area (Å²) in [7, 11) is 0. The Bertz CT molecular complexity index is 2510. The van der Waals surface area contributed by atoms with Crippen molar-refractivity contribution in [1.29, 1.82) is 0 Å². The summed E-state index contributed by atoms with van der Waals surface area (Å²) < 4.78 is 24.5. The normalized spacial score (nSPS) is 18.1. The fourth-order valence-electron chi connectivity index (χ4n) is 8.36. The first-order valence-electron chi connectivity index (χ1n) is 21.4. The Balaban J connectivity index is 0.972. The number of rotatable bonds is 10. The Morgan fingerprint density at radius 1 is 0.857 bits per heavy atom. The third kappa shape index (κ3) is 10.1. The Labute approximate surface area is 378 Å². The van der Waals surface area contributed by atoms with E-state index < -0.39 is 23.8 Å². The number of hydrogen-bond acceptors (Lipinski definition) is 8. The molecule has 1 fully saturated rings. The van der Waals surface area contributed by atoms with Gasteiger partial charge in [0.15, 0.2) is 17.6 Å². The number of amides is 3. The van der Waals surface area contributed by atoms with Crippen LogP contribution in [0.25, 0.3) is 11.1 Å². The van der Waals surface area contributed by atoms with Crippen molar-refractivity contribution in [3.8, 4) is 28.4 Å². The molecule has 3 aliphatic heterocycles. The van der Waals surface area contributed by atoms with Gasteiger partial charge in [-0.25, -0.2) is 4.79 Å². The highest BCUT2D eigenvalue weighted by atomic mass is 35.5. The summed E-state index contributed by atoms with van der Waals surface area (Å²) in [6, 6.07) is 25.7. The van der Waals surface area contributed by atoms with Crippen LogP contribution in [0.1, 0.15) is 78.8 Å². The number of fused-ring (bicyclic) bond motifs is 2. The number of nitrogens with one attached hydrogen (secondary N) is 1. The van der Waals surface area contributed by atoms with Crippen molar-refractivity contribution in [3.63, 3.8) is 0 Å². The number of ether oxygens (including phenoxy) is 4. The van der Waals surface area contributed by atoms with Crippen molar-refractivity contribution < 1.29 is 33.3 Å². The lowest BCUT2D eigenvalue weighted by molar-refractivity contribution is -0.145. The number of nitrogens with zero attached hydrogens (tertiary/aromatic N) is 3. The van der Waals surface area contributed by atoms with E-state index in [2.05, 4.69) is 41.5 Å². The summed E-state index contributed by atoms with van der Waals surface area (Å²) in [4.78, 5) is 49.7. The highest BCUT2D eigenvalue weighted by Gasteiger charge is 2.44. The number of benzene rings is 4. The van der Waals surface area contributed by atoms with E-state index in [0.29, 0.717) is 66.3 Å². The van der Waals surface area contributed by atoms with Gasteiger partial charge in [-0.1, -0.05) is 65.7 Å². The van der Waals surface area contributed by atoms with Gasteiger partial charge in [-0.2, -0.15) is 0 Å². The van der Waals surface area contributed by atoms with Gasteiger partial charge in [0, 0.05) is 37.9 Å². The van der Waals surface area contributed by atoms with Gasteiger partial charge in [0.1, 0.15) is 36.6 Å². The van der Waals surface area contributed by atoms with E-state index >= 15 is 0 Å². The fraction of sp³-hybridized carbons (Fsp3) is 0.360. The number of aryl methyl sites for hydroxylation is 1. The topological polar surface area (TPSA) is 120 Å². The van der Waals surface area contributed by atoms with Gasteiger partial charge in [-0.15, -0.1) is 0 Å². The van der Waals surface area contributed by atoms with E-state index in [1.54, 1.807) is 37.8 Å². The van der Waals surface area contributed by atoms with Crippen LogP contribution in [0.4, 0.5) is 4.79 Å². The van der Waals surface area contributed by atoms with Crippen molar-refractivity contribution >= 4 is 41.1 Å². The van der Waals surface area contributed by atoms with Crippen molar-refractivity contribution in [2.24, 2.45) is 0 Å². The smallest absolute Gasteiger partial charge is 0.410 e. The van der Waals surface area contributed by atoms with Gasteiger partial charge >= 0.3 is 6.09 Å². The zero-order valence-corrected chi connectivity index (χ0v) is 37.7. The first kappa shape index (κ1) is 43.9. The largest absolute Gasteiger partial charge is 0.489 e. The third-order valence-corrected chi connectivity index (χ3v) is 12.6. The number of halogens is 2. The minimum absolute atomic E-state index is 0.159. The van der Waals surface area contributed by atoms with Crippen LogP contribution in [0.5, 0.6) is 17.2 Å². The Morgan fingerprint density at radius 3 is 2.35 bits per heavy atom. The predicted molar refractivity (Wildman–Crippen MR) is 242 cm³/mol. The van der Waals surface area contributed by atoms with Gasteiger partial charge in [0.25, 0.3) is 0 Å². The molecule has 328 valence electrons. The first-order chi connectivity index (χ1) is 30.2. The molecule has 11 nitrogen and oxygen atoms in total. The van der Waals surface area contributed by atoms with Crippen LogP contribution in [0.2, 0.25) is 10.0 Å². The lowest BCUT2D eigenvalue weighted by Crippen LogP contribution is -2.57. The maximum absolute atomic E-state index is 14.6. The molecule has 13 heteroatoms. The number of pyridine rings is 1. The molecule has 0 spiro atoms. The number of carbonyl (C=O) groups excluding carboxylic acids is 3. The van der Waals surface area contributed by atoms with Crippen LogP contribution >= 0.6 is 23.2 Å². The van der Waals surface area contributed by atoms with Crippen LogP contribution in [0.3, 0.4) is 0 Å². The van der Waals surface area contributed by atoms with Gasteiger partial charge in [-0.3, -0.25) is 19.5 Å². The Hall–Kier alpha value is -5.78. The number of hydrogen-bond donors (Lipinski definition) is 1. The average molecular weight is 892 g/mol. The van der Waals surface area contributed by atoms with Crippen molar-refractivity contribution in [3.05, 3.63) is 140 Å². The Morgan fingerprint density at radius 2 is 1.60 bits per heavy atom. The van der Waals surface area contributed by atoms with E-state index in [-0.39, 0.29) is 37.5 Å². The van der Waals surface area contributed by atoms with E-state index in [4.69, 9.17) is 42.1 Å². The molecule has 5 aromatic rings. The second kappa shape index (κ2) is 18.5. The Kier molecular flexibility index (Phi) is 12.9. The second-order valence-corrected chi connectivity index (χ2v) is 18.2. The zero-order valence-electron chi connectivity index (χ0n) is 36.2. The molecule has 1 N–H and O–H groups in total. The van der Waals surface area contributed by atoms with Crippen LogP contribution in [-0.2, 0) is 40.3 Å². The number of aromatic nitrogens is 1. The molecule has 4 heterocycles. The fourth-order valence-corrected chi connectivity index (χ4v) is 8.68. The van der Waals surface area contributed by atoms with E-state index in [1.807, 2.05) is 61.7 Å². The molecule has 0 saturated carbocycles. The summed E-state index contributed by atoms with van der Waals surface area (Å²) in [6.45, 7) is 11.1.